The Morgan fingerprint density at radius 1 is 1.00 bits per heavy atom. The van der Waals surface area contributed by atoms with Gasteiger partial charge in [-0.1, -0.05) is 36.4 Å². The Labute approximate surface area is 146 Å². The molecule has 3 aromatic rings. The van der Waals surface area contributed by atoms with Crippen molar-refractivity contribution in [1.82, 2.24) is 0 Å². The Kier molecular flexibility index (Phi) is 5.09. The third-order valence-electron chi connectivity index (χ3n) is 3.74. The van der Waals surface area contributed by atoms with Gasteiger partial charge in [-0.3, -0.25) is 4.79 Å². The molecule has 0 heterocycles. The molecule has 0 aliphatic rings. The Hall–Kier alpha value is -3.14. The van der Waals surface area contributed by atoms with Crippen LogP contribution in [0.2, 0.25) is 0 Å². The van der Waals surface area contributed by atoms with Crippen LogP contribution in [0.3, 0.4) is 0 Å². The zero-order valence-electron chi connectivity index (χ0n) is 13.8. The van der Waals surface area contributed by atoms with E-state index in [0.717, 1.165) is 16.9 Å². The van der Waals surface area contributed by atoms with Crippen LogP contribution in [-0.4, -0.2) is 5.91 Å². The molecule has 0 saturated heterocycles. The van der Waals surface area contributed by atoms with Crippen molar-refractivity contribution >= 4 is 11.6 Å². The maximum atomic E-state index is 13.8. The summed E-state index contributed by atoms with van der Waals surface area (Å²) in [5.74, 6) is -0.00122. The molecular formula is C21H18FNO2. The molecule has 3 nitrogen and oxygen atoms in total. The number of carbonyl (C=O) groups excluding carboxylic acids is 1. The minimum atomic E-state index is -0.443. The number of benzene rings is 3. The van der Waals surface area contributed by atoms with E-state index in [9.17, 15) is 9.18 Å². The van der Waals surface area contributed by atoms with Crippen molar-refractivity contribution in [3.05, 3.63) is 95.3 Å². The summed E-state index contributed by atoms with van der Waals surface area (Å²) in [4.78, 5) is 12.2. The second kappa shape index (κ2) is 7.62. The predicted molar refractivity (Wildman–Crippen MR) is 96.3 cm³/mol. The summed E-state index contributed by atoms with van der Waals surface area (Å²) in [5.41, 5.74) is 2.38. The van der Waals surface area contributed by atoms with E-state index < -0.39 is 5.82 Å². The molecule has 0 aliphatic carbocycles. The first-order valence-corrected chi connectivity index (χ1v) is 7.96. The molecule has 0 fully saturated rings. The standard InChI is InChI=1S/C21H18FNO2/c1-15-7-12-20(19(22)13-15)23-21(24)17-10-8-16(9-11-17)14-25-18-5-3-2-4-6-18/h2-13H,14H2,1H3,(H,23,24). The molecule has 0 spiro atoms. The Balaban J connectivity index is 1.62. The van der Waals surface area contributed by atoms with E-state index in [1.807, 2.05) is 42.5 Å². The van der Waals surface area contributed by atoms with Crippen molar-refractivity contribution < 1.29 is 13.9 Å². The van der Waals surface area contributed by atoms with Gasteiger partial charge in [-0.15, -0.1) is 0 Å². The van der Waals surface area contributed by atoms with Gasteiger partial charge in [-0.2, -0.15) is 0 Å². The number of ether oxygens (including phenoxy) is 1. The largest absolute Gasteiger partial charge is 0.489 e. The first-order valence-electron chi connectivity index (χ1n) is 7.96. The molecule has 0 aliphatic heterocycles. The van der Waals surface area contributed by atoms with Gasteiger partial charge in [-0.05, 0) is 54.4 Å². The van der Waals surface area contributed by atoms with Crippen LogP contribution in [0.4, 0.5) is 10.1 Å². The van der Waals surface area contributed by atoms with Crippen LogP contribution in [0.25, 0.3) is 0 Å². The summed E-state index contributed by atoms with van der Waals surface area (Å²) < 4.78 is 19.5. The molecule has 4 heteroatoms. The number of nitrogens with one attached hydrogen (secondary N) is 1. The molecule has 0 radical (unpaired) electrons. The average molecular weight is 335 g/mol. The van der Waals surface area contributed by atoms with Gasteiger partial charge >= 0.3 is 0 Å². The summed E-state index contributed by atoms with van der Waals surface area (Å²) in [6, 6.07) is 21.3. The van der Waals surface area contributed by atoms with Gasteiger partial charge in [0.05, 0.1) is 5.69 Å². The Morgan fingerprint density at radius 2 is 1.72 bits per heavy atom. The number of para-hydroxylation sites is 1. The zero-order valence-corrected chi connectivity index (χ0v) is 13.8. The molecule has 1 amide bonds. The second-order valence-electron chi connectivity index (χ2n) is 5.74. The summed E-state index contributed by atoms with van der Waals surface area (Å²) in [6.45, 7) is 2.21. The lowest BCUT2D eigenvalue weighted by molar-refractivity contribution is 0.102. The number of aryl methyl sites for hydroxylation is 1. The molecule has 3 aromatic carbocycles. The number of hydrogen-bond donors (Lipinski definition) is 1. The quantitative estimate of drug-likeness (QED) is 0.715. The van der Waals surface area contributed by atoms with Gasteiger partial charge in [0, 0.05) is 5.56 Å². The maximum Gasteiger partial charge on any atom is 0.255 e. The van der Waals surface area contributed by atoms with Gasteiger partial charge in [0.15, 0.2) is 0 Å². The first kappa shape index (κ1) is 16.7. The lowest BCUT2D eigenvalue weighted by atomic mass is 10.1. The van der Waals surface area contributed by atoms with Gasteiger partial charge in [0.25, 0.3) is 5.91 Å². The lowest BCUT2D eigenvalue weighted by Gasteiger charge is -2.09. The topological polar surface area (TPSA) is 38.3 Å². The molecule has 25 heavy (non-hydrogen) atoms. The number of rotatable bonds is 5. The van der Waals surface area contributed by atoms with Gasteiger partial charge < -0.3 is 10.1 Å². The average Bonchev–Trinajstić information content (AvgIpc) is 2.63. The predicted octanol–water partition coefficient (Wildman–Crippen LogP) is 4.97. The Bertz CT molecular complexity index is 861. The first-order chi connectivity index (χ1) is 12.1. The monoisotopic (exact) mass is 335 g/mol. The van der Waals surface area contributed by atoms with Gasteiger partial charge in [0.1, 0.15) is 18.2 Å². The highest BCUT2D eigenvalue weighted by Gasteiger charge is 2.09. The SMILES string of the molecule is Cc1ccc(NC(=O)c2ccc(COc3ccccc3)cc2)c(F)c1. The molecule has 0 saturated carbocycles. The molecule has 126 valence electrons. The second-order valence-corrected chi connectivity index (χ2v) is 5.74. The third-order valence-corrected chi connectivity index (χ3v) is 3.74. The zero-order chi connectivity index (χ0) is 17.6. The van der Waals surface area contributed by atoms with E-state index >= 15 is 0 Å². The fourth-order valence-corrected chi connectivity index (χ4v) is 2.35. The van der Waals surface area contributed by atoms with Crippen LogP contribution in [-0.2, 0) is 6.61 Å². The van der Waals surface area contributed by atoms with Crippen molar-refractivity contribution in [3.63, 3.8) is 0 Å². The molecule has 0 atom stereocenters. The van der Waals surface area contributed by atoms with Crippen molar-refractivity contribution in [1.29, 1.82) is 0 Å². The third kappa shape index (κ3) is 4.44. The molecule has 0 unspecified atom stereocenters. The van der Waals surface area contributed by atoms with E-state index in [-0.39, 0.29) is 11.6 Å². The number of amides is 1. The molecule has 0 aromatic heterocycles. The van der Waals surface area contributed by atoms with E-state index in [1.165, 1.54) is 6.07 Å². The minimum Gasteiger partial charge on any atom is -0.489 e. The van der Waals surface area contributed by atoms with Crippen molar-refractivity contribution in [2.24, 2.45) is 0 Å². The van der Waals surface area contributed by atoms with E-state index in [4.69, 9.17) is 4.74 Å². The summed E-state index contributed by atoms with van der Waals surface area (Å²) in [5, 5.41) is 2.59. The molecular weight excluding hydrogens is 317 g/mol. The molecule has 1 N–H and O–H groups in total. The number of halogens is 1. The van der Waals surface area contributed by atoms with Gasteiger partial charge in [-0.25, -0.2) is 4.39 Å². The summed E-state index contributed by atoms with van der Waals surface area (Å²) in [7, 11) is 0. The van der Waals surface area contributed by atoms with Crippen LogP contribution in [0.1, 0.15) is 21.5 Å². The smallest absolute Gasteiger partial charge is 0.255 e. The number of anilines is 1. The lowest BCUT2D eigenvalue weighted by Crippen LogP contribution is -2.13. The van der Waals surface area contributed by atoms with Crippen LogP contribution in [0, 0.1) is 12.7 Å². The minimum absolute atomic E-state index is 0.173. The molecule has 3 rings (SSSR count). The Morgan fingerprint density at radius 3 is 2.40 bits per heavy atom. The fraction of sp³-hybridized carbons (Fsp3) is 0.0952. The summed E-state index contributed by atoms with van der Waals surface area (Å²) >= 11 is 0. The highest BCUT2D eigenvalue weighted by molar-refractivity contribution is 6.04. The highest BCUT2D eigenvalue weighted by Crippen LogP contribution is 2.17. The van der Waals surface area contributed by atoms with E-state index in [2.05, 4.69) is 5.32 Å². The highest BCUT2D eigenvalue weighted by atomic mass is 19.1. The van der Waals surface area contributed by atoms with E-state index in [0.29, 0.717) is 12.2 Å². The molecule has 0 bridgehead atoms. The van der Waals surface area contributed by atoms with Crippen LogP contribution in [0.15, 0.2) is 72.8 Å². The summed E-state index contributed by atoms with van der Waals surface area (Å²) in [6.07, 6.45) is 0. The fourth-order valence-electron chi connectivity index (χ4n) is 2.35. The van der Waals surface area contributed by atoms with E-state index in [1.54, 1.807) is 31.2 Å². The van der Waals surface area contributed by atoms with Crippen molar-refractivity contribution in [2.75, 3.05) is 5.32 Å². The van der Waals surface area contributed by atoms with Crippen LogP contribution in [0.5, 0.6) is 5.75 Å². The van der Waals surface area contributed by atoms with Crippen LogP contribution >= 0.6 is 0 Å². The normalized spacial score (nSPS) is 10.3. The van der Waals surface area contributed by atoms with Crippen molar-refractivity contribution in [3.8, 4) is 5.75 Å². The van der Waals surface area contributed by atoms with Crippen LogP contribution < -0.4 is 10.1 Å². The number of carbonyl (C=O) groups is 1. The maximum absolute atomic E-state index is 13.8. The number of hydrogen-bond acceptors (Lipinski definition) is 2. The van der Waals surface area contributed by atoms with Gasteiger partial charge in [0.2, 0.25) is 0 Å². The van der Waals surface area contributed by atoms with Crippen molar-refractivity contribution in [2.45, 2.75) is 13.5 Å².